The van der Waals surface area contributed by atoms with Crippen LogP contribution in [0.15, 0.2) is 42.5 Å². The van der Waals surface area contributed by atoms with Crippen LogP contribution in [0.3, 0.4) is 0 Å². The quantitative estimate of drug-likeness (QED) is 0.780. The molecule has 0 atom stereocenters. The number of ketones is 1. The van der Waals surface area contributed by atoms with Crippen LogP contribution in [0.1, 0.15) is 17.3 Å². The zero-order chi connectivity index (χ0) is 14.0. The third-order valence-electron chi connectivity index (χ3n) is 2.92. The Morgan fingerprint density at radius 1 is 1.00 bits per heavy atom. The number of nitrogens with zero attached hydrogens (tertiary/aromatic N) is 1. The summed E-state index contributed by atoms with van der Waals surface area (Å²) in [4.78, 5) is 12.9. The van der Waals surface area contributed by atoms with Crippen molar-refractivity contribution < 1.29 is 13.6 Å². The number of benzene rings is 2. The molecule has 0 radical (unpaired) electrons. The first-order valence-electron chi connectivity index (χ1n) is 5.80. The van der Waals surface area contributed by atoms with E-state index in [0.717, 1.165) is 0 Å². The van der Waals surface area contributed by atoms with Crippen molar-refractivity contribution in [3.63, 3.8) is 0 Å². The molecule has 0 fully saturated rings. The average molecular weight is 261 g/mol. The first-order valence-corrected chi connectivity index (χ1v) is 5.80. The first kappa shape index (κ1) is 13.2. The van der Waals surface area contributed by atoms with Gasteiger partial charge in [0.2, 0.25) is 0 Å². The Morgan fingerprint density at radius 3 is 2.26 bits per heavy atom. The van der Waals surface area contributed by atoms with Crippen molar-refractivity contribution in [3.8, 4) is 0 Å². The molecular weight excluding hydrogens is 248 g/mol. The van der Waals surface area contributed by atoms with E-state index in [2.05, 4.69) is 0 Å². The van der Waals surface area contributed by atoms with E-state index in [1.165, 1.54) is 49.2 Å². The number of halogens is 2. The van der Waals surface area contributed by atoms with Gasteiger partial charge in [0.15, 0.2) is 5.78 Å². The summed E-state index contributed by atoms with van der Waals surface area (Å²) >= 11 is 0. The Kier molecular flexibility index (Phi) is 3.60. The van der Waals surface area contributed by atoms with Gasteiger partial charge in [-0.2, -0.15) is 0 Å². The number of Topliss-reactive ketones (excluding diaryl/α,β-unsaturated/α-hetero) is 1. The van der Waals surface area contributed by atoms with Crippen molar-refractivity contribution in [2.45, 2.75) is 6.92 Å². The van der Waals surface area contributed by atoms with Gasteiger partial charge in [0.1, 0.15) is 11.6 Å². The second-order valence-electron chi connectivity index (χ2n) is 4.20. The van der Waals surface area contributed by atoms with E-state index in [1.54, 1.807) is 12.1 Å². The number of anilines is 2. The summed E-state index contributed by atoms with van der Waals surface area (Å²) in [6.07, 6.45) is 0. The monoisotopic (exact) mass is 261 g/mol. The van der Waals surface area contributed by atoms with Crippen molar-refractivity contribution in [1.82, 2.24) is 0 Å². The Morgan fingerprint density at radius 2 is 1.63 bits per heavy atom. The minimum absolute atomic E-state index is 0.0834. The standard InChI is InChI=1S/C15H13F2NO/c1-10(19)11-6-5-8-13(17)15(11)18(2)14-9-4-3-7-12(14)16/h3-9H,1-2H3. The van der Waals surface area contributed by atoms with Gasteiger partial charge < -0.3 is 4.90 Å². The normalized spacial score (nSPS) is 10.3. The topological polar surface area (TPSA) is 20.3 Å². The minimum atomic E-state index is -0.557. The van der Waals surface area contributed by atoms with Crippen LogP contribution in [-0.4, -0.2) is 12.8 Å². The maximum atomic E-state index is 14.0. The summed E-state index contributed by atoms with van der Waals surface area (Å²) < 4.78 is 27.7. The van der Waals surface area contributed by atoms with Crippen LogP contribution in [0.5, 0.6) is 0 Å². The molecule has 0 spiro atoms. The fraction of sp³-hybridized carbons (Fsp3) is 0.133. The molecule has 0 aliphatic rings. The van der Waals surface area contributed by atoms with Gasteiger partial charge in [-0.05, 0) is 31.2 Å². The maximum absolute atomic E-state index is 14.0. The predicted octanol–water partition coefficient (Wildman–Crippen LogP) is 3.94. The van der Waals surface area contributed by atoms with Gasteiger partial charge in [0, 0.05) is 12.6 Å². The molecule has 2 aromatic rings. The summed E-state index contributed by atoms with van der Waals surface area (Å²) in [6.45, 7) is 1.35. The number of rotatable bonds is 3. The highest BCUT2D eigenvalue weighted by Crippen LogP contribution is 2.31. The molecule has 0 saturated heterocycles. The van der Waals surface area contributed by atoms with Crippen LogP contribution in [0.4, 0.5) is 20.2 Å². The van der Waals surface area contributed by atoms with Crippen LogP contribution in [0, 0.1) is 11.6 Å². The molecule has 0 unspecified atom stereocenters. The number of carbonyl (C=O) groups is 1. The van der Waals surface area contributed by atoms with E-state index in [-0.39, 0.29) is 22.7 Å². The largest absolute Gasteiger partial charge is 0.339 e. The average Bonchev–Trinajstić information content (AvgIpc) is 2.38. The molecule has 0 N–H and O–H groups in total. The predicted molar refractivity (Wildman–Crippen MR) is 70.9 cm³/mol. The Bertz CT molecular complexity index is 625. The third-order valence-corrected chi connectivity index (χ3v) is 2.92. The lowest BCUT2D eigenvalue weighted by molar-refractivity contribution is 0.101. The van der Waals surface area contributed by atoms with Gasteiger partial charge in [-0.25, -0.2) is 8.78 Å². The SMILES string of the molecule is CC(=O)c1cccc(F)c1N(C)c1ccccc1F. The fourth-order valence-electron chi connectivity index (χ4n) is 1.98. The second kappa shape index (κ2) is 5.18. The van der Waals surface area contributed by atoms with Gasteiger partial charge in [0.05, 0.1) is 11.4 Å². The van der Waals surface area contributed by atoms with Crippen LogP contribution >= 0.6 is 0 Å². The second-order valence-corrected chi connectivity index (χ2v) is 4.20. The Hall–Kier alpha value is -2.23. The zero-order valence-electron chi connectivity index (χ0n) is 10.7. The van der Waals surface area contributed by atoms with Gasteiger partial charge in [0.25, 0.3) is 0 Å². The van der Waals surface area contributed by atoms with Gasteiger partial charge in [-0.3, -0.25) is 4.79 Å². The third kappa shape index (κ3) is 2.47. The smallest absolute Gasteiger partial charge is 0.162 e. The molecule has 0 bridgehead atoms. The molecule has 19 heavy (non-hydrogen) atoms. The summed E-state index contributed by atoms with van der Waals surface area (Å²) in [5, 5.41) is 0. The first-order chi connectivity index (χ1) is 9.02. The summed E-state index contributed by atoms with van der Waals surface area (Å²) in [5.41, 5.74) is 0.529. The molecule has 98 valence electrons. The molecule has 0 saturated carbocycles. The van der Waals surface area contributed by atoms with Crippen molar-refractivity contribution in [2.75, 3.05) is 11.9 Å². The summed E-state index contributed by atoms with van der Waals surface area (Å²) in [6, 6.07) is 10.3. The Balaban J connectivity index is 2.59. The lowest BCUT2D eigenvalue weighted by Gasteiger charge is -2.22. The van der Waals surface area contributed by atoms with E-state index in [9.17, 15) is 13.6 Å². The van der Waals surface area contributed by atoms with Crippen molar-refractivity contribution in [1.29, 1.82) is 0 Å². The molecule has 0 amide bonds. The van der Waals surface area contributed by atoms with E-state index in [4.69, 9.17) is 0 Å². The lowest BCUT2D eigenvalue weighted by atomic mass is 10.1. The van der Waals surface area contributed by atoms with Crippen molar-refractivity contribution in [2.24, 2.45) is 0 Å². The molecule has 4 heteroatoms. The van der Waals surface area contributed by atoms with E-state index in [0.29, 0.717) is 0 Å². The van der Waals surface area contributed by atoms with E-state index < -0.39 is 11.6 Å². The number of hydrogen-bond donors (Lipinski definition) is 0. The molecule has 0 aliphatic carbocycles. The lowest BCUT2D eigenvalue weighted by Crippen LogP contribution is -2.16. The number of hydrogen-bond acceptors (Lipinski definition) is 2. The summed E-state index contributed by atoms with van der Waals surface area (Å²) in [5.74, 6) is -1.29. The molecule has 2 nitrogen and oxygen atoms in total. The molecule has 2 rings (SSSR count). The highest BCUT2D eigenvalue weighted by atomic mass is 19.1. The van der Waals surface area contributed by atoms with Crippen molar-refractivity contribution >= 4 is 17.2 Å². The molecule has 0 aromatic heterocycles. The van der Waals surface area contributed by atoms with E-state index in [1.807, 2.05) is 0 Å². The molecule has 2 aromatic carbocycles. The zero-order valence-corrected chi connectivity index (χ0v) is 10.7. The highest BCUT2D eigenvalue weighted by molar-refractivity contribution is 6.00. The Labute approximate surface area is 110 Å². The highest BCUT2D eigenvalue weighted by Gasteiger charge is 2.18. The van der Waals surface area contributed by atoms with Crippen LogP contribution in [0.25, 0.3) is 0 Å². The fourth-order valence-corrected chi connectivity index (χ4v) is 1.98. The minimum Gasteiger partial charge on any atom is -0.339 e. The maximum Gasteiger partial charge on any atom is 0.162 e. The van der Waals surface area contributed by atoms with Gasteiger partial charge >= 0.3 is 0 Å². The van der Waals surface area contributed by atoms with Crippen LogP contribution in [0.2, 0.25) is 0 Å². The summed E-state index contributed by atoms with van der Waals surface area (Å²) in [7, 11) is 1.53. The van der Waals surface area contributed by atoms with E-state index >= 15 is 0 Å². The van der Waals surface area contributed by atoms with Crippen molar-refractivity contribution in [3.05, 3.63) is 59.7 Å². The number of carbonyl (C=O) groups excluding carboxylic acids is 1. The molecular formula is C15H13F2NO. The van der Waals surface area contributed by atoms with Gasteiger partial charge in [-0.1, -0.05) is 18.2 Å². The number of para-hydroxylation sites is 2. The molecule has 0 heterocycles. The molecule has 0 aliphatic heterocycles. The van der Waals surface area contributed by atoms with Crippen LogP contribution in [-0.2, 0) is 0 Å². The van der Waals surface area contributed by atoms with Gasteiger partial charge in [-0.15, -0.1) is 0 Å². The van der Waals surface area contributed by atoms with Crippen LogP contribution < -0.4 is 4.90 Å².